The SMILES string of the molecule is Cc1cccc2c(=O)n(CC(=O)NCc3ccc(-c4nc5ccccc5s4)o3)cnc12. The van der Waals surface area contributed by atoms with Gasteiger partial charge in [0.05, 0.1) is 34.0 Å². The van der Waals surface area contributed by atoms with E-state index < -0.39 is 0 Å². The van der Waals surface area contributed by atoms with Crippen LogP contribution in [0.2, 0.25) is 0 Å². The van der Waals surface area contributed by atoms with Gasteiger partial charge in [0, 0.05) is 0 Å². The molecule has 3 aromatic heterocycles. The molecule has 0 unspecified atom stereocenters. The molecule has 8 heteroatoms. The fourth-order valence-electron chi connectivity index (χ4n) is 3.41. The average Bonchev–Trinajstić information content (AvgIpc) is 3.41. The molecule has 1 amide bonds. The summed E-state index contributed by atoms with van der Waals surface area (Å²) in [6.07, 6.45) is 1.41. The number of nitrogens with zero attached hydrogens (tertiary/aromatic N) is 3. The number of furan rings is 1. The molecule has 3 heterocycles. The van der Waals surface area contributed by atoms with Crippen LogP contribution < -0.4 is 10.9 Å². The Bertz CT molecular complexity index is 1450. The van der Waals surface area contributed by atoms with Crippen molar-refractivity contribution >= 4 is 38.4 Å². The highest BCUT2D eigenvalue weighted by Gasteiger charge is 2.12. The Balaban J connectivity index is 1.27. The van der Waals surface area contributed by atoms with E-state index in [1.807, 2.05) is 55.5 Å². The fourth-order valence-corrected chi connectivity index (χ4v) is 4.34. The summed E-state index contributed by atoms with van der Waals surface area (Å²) >= 11 is 1.56. The highest BCUT2D eigenvalue weighted by atomic mass is 32.1. The van der Waals surface area contributed by atoms with Crippen molar-refractivity contribution in [2.75, 3.05) is 0 Å². The first kappa shape index (κ1) is 19.2. The lowest BCUT2D eigenvalue weighted by Crippen LogP contribution is -2.32. The van der Waals surface area contributed by atoms with E-state index in [1.54, 1.807) is 17.4 Å². The van der Waals surface area contributed by atoms with Crippen LogP contribution in [0.25, 0.3) is 31.9 Å². The van der Waals surface area contributed by atoms with E-state index in [9.17, 15) is 9.59 Å². The lowest BCUT2D eigenvalue weighted by molar-refractivity contribution is -0.121. The molecule has 0 aliphatic heterocycles. The van der Waals surface area contributed by atoms with Gasteiger partial charge in [0.15, 0.2) is 10.8 Å². The molecule has 7 nitrogen and oxygen atoms in total. The third-order valence-electron chi connectivity index (χ3n) is 5.00. The van der Waals surface area contributed by atoms with Crippen molar-refractivity contribution in [3.05, 3.63) is 82.6 Å². The number of carbonyl (C=O) groups excluding carboxylic acids is 1. The second-order valence-corrected chi connectivity index (χ2v) is 8.21. The molecule has 0 spiro atoms. The van der Waals surface area contributed by atoms with Crippen LogP contribution in [0.5, 0.6) is 0 Å². The summed E-state index contributed by atoms with van der Waals surface area (Å²) in [5.41, 5.74) is 2.27. The maximum absolute atomic E-state index is 12.6. The van der Waals surface area contributed by atoms with Crippen molar-refractivity contribution in [2.45, 2.75) is 20.0 Å². The maximum Gasteiger partial charge on any atom is 0.261 e. The first-order valence-corrected chi connectivity index (χ1v) is 10.6. The molecule has 5 aromatic rings. The number of fused-ring (bicyclic) bond motifs is 2. The van der Waals surface area contributed by atoms with Gasteiger partial charge in [0.2, 0.25) is 5.91 Å². The van der Waals surface area contributed by atoms with E-state index in [4.69, 9.17) is 4.42 Å². The molecule has 0 atom stereocenters. The van der Waals surface area contributed by atoms with E-state index in [-0.39, 0.29) is 24.6 Å². The van der Waals surface area contributed by atoms with Gasteiger partial charge in [-0.15, -0.1) is 11.3 Å². The zero-order valence-electron chi connectivity index (χ0n) is 16.7. The van der Waals surface area contributed by atoms with E-state index in [1.165, 1.54) is 10.9 Å². The number of aromatic nitrogens is 3. The molecule has 0 aliphatic rings. The molecule has 2 aromatic carbocycles. The van der Waals surface area contributed by atoms with Gasteiger partial charge in [0.1, 0.15) is 12.3 Å². The smallest absolute Gasteiger partial charge is 0.261 e. The first-order chi connectivity index (χ1) is 15.1. The molecule has 0 aliphatic carbocycles. The van der Waals surface area contributed by atoms with E-state index >= 15 is 0 Å². The molecule has 31 heavy (non-hydrogen) atoms. The minimum absolute atomic E-state index is 0.110. The van der Waals surface area contributed by atoms with Crippen LogP contribution in [0.1, 0.15) is 11.3 Å². The predicted octanol–water partition coefficient (Wildman–Crippen LogP) is 3.89. The number of hydrogen-bond acceptors (Lipinski definition) is 6. The predicted molar refractivity (Wildman–Crippen MR) is 120 cm³/mol. The zero-order chi connectivity index (χ0) is 21.4. The number of aryl methyl sites for hydroxylation is 1. The molecule has 0 saturated heterocycles. The number of rotatable bonds is 5. The summed E-state index contributed by atoms with van der Waals surface area (Å²) in [4.78, 5) is 33.9. The summed E-state index contributed by atoms with van der Waals surface area (Å²) in [7, 11) is 0. The Labute approximate surface area is 181 Å². The van der Waals surface area contributed by atoms with Crippen molar-refractivity contribution in [1.82, 2.24) is 19.9 Å². The summed E-state index contributed by atoms with van der Waals surface area (Å²) in [5.74, 6) is 0.979. The van der Waals surface area contributed by atoms with Crippen LogP contribution in [0.3, 0.4) is 0 Å². The van der Waals surface area contributed by atoms with Gasteiger partial charge in [-0.3, -0.25) is 14.2 Å². The number of benzene rings is 2. The van der Waals surface area contributed by atoms with Gasteiger partial charge in [-0.25, -0.2) is 9.97 Å². The molecular formula is C23H18N4O3S. The summed E-state index contributed by atoms with van der Waals surface area (Å²) in [5, 5.41) is 4.08. The fraction of sp³-hybridized carbons (Fsp3) is 0.130. The summed E-state index contributed by atoms with van der Waals surface area (Å²) in [6, 6.07) is 17.0. The highest BCUT2D eigenvalue weighted by molar-refractivity contribution is 7.21. The Morgan fingerprint density at radius 1 is 1.13 bits per heavy atom. The summed E-state index contributed by atoms with van der Waals surface area (Å²) < 4.78 is 8.25. The maximum atomic E-state index is 12.6. The van der Waals surface area contributed by atoms with Gasteiger partial charge in [-0.1, -0.05) is 24.3 Å². The monoisotopic (exact) mass is 430 g/mol. The standard InChI is InChI=1S/C23H18N4O3S/c1-14-5-4-6-16-21(14)25-13-27(23(16)29)12-20(28)24-11-15-9-10-18(30-15)22-26-17-7-2-3-8-19(17)31-22/h2-10,13H,11-12H2,1H3,(H,24,28). The summed E-state index contributed by atoms with van der Waals surface area (Å²) in [6.45, 7) is 2.01. The van der Waals surface area contributed by atoms with Crippen LogP contribution >= 0.6 is 11.3 Å². The molecule has 1 N–H and O–H groups in total. The normalized spacial score (nSPS) is 11.3. The number of thiazole rings is 1. The highest BCUT2D eigenvalue weighted by Crippen LogP contribution is 2.31. The number of amides is 1. The van der Waals surface area contributed by atoms with E-state index in [0.29, 0.717) is 22.4 Å². The first-order valence-electron chi connectivity index (χ1n) is 9.74. The van der Waals surface area contributed by atoms with E-state index in [2.05, 4.69) is 15.3 Å². The van der Waals surface area contributed by atoms with Gasteiger partial charge < -0.3 is 9.73 Å². The van der Waals surface area contributed by atoms with Gasteiger partial charge in [-0.05, 0) is 42.8 Å². The lowest BCUT2D eigenvalue weighted by atomic mass is 10.1. The largest absolute Gasteiger partial charge is 0.457 e. The molecule has 0 bridgehead atoms. The quantitative estimate of drug-likeness (QED) is 0.457. The molecule has 5 rings (SSSR count). The van der Waals surface area contributed by atoms with Crippen LogP contribution in [-0.4, -0.2) is 20.4 Å². The molecule has 0 saturated carbocycles. The molecular weight excluding hydrogens is 412 g/mol. The third-order valence-corrected chi connectivity index (χ3v) is 6.05. The number of para-hydroxylation sites is 2. The van der Waals surface area contributed by atoms with Crippen LogP contribution in [0.4, 0.5) is 0 Å². The van der Waals surface area contributed by atoms with Crippen molar-refractivity contribution in [2.24, 2.45) is 0 Å². The molecule has 0 radical (unpaired) electrons. The minimum Gasteiger partial charge on any atom is -0.457 e. The number of nitrogens with one attached hydrogen (secondary N) is 1. The number of carbonyl (C=O) groups is 1. The third kappa shape index (κ3) is 3.73. The average molecular weight is 430 g/mol. The second kappa shape index (κ2) is 7.81. The zero-order valence-corrected chi connectivity index (χ0v) is 17.5. The Hall–Kier alpha value is -3.78. The van der Waals surface area contributed by atoms with E-state index in [0.717, 1.165) is 20.8 Å². The minimum atomic E-state index is -0.297. The van der Waals surface area contributed by atoms with Crippen LogP contribution in [0.15, 0.2) is 70.1 Å². The van der Waals surface area contributed by atoms with Crippen molar-refractivity contribution in [1.29, 1.82) is 0 Å². The Morgan fingerprint density at radius 2 is 2.00 bits per heavy atom. The van der Waals surface area contributed by atoms with Gasteiger partial charge in [-0.2, -0.15) is 0 Å². The lowest BCUT2D eigenvalue weighted by Gasteiger charge is -2.08. The van der Waals surface area contributed by atoms with Crippen LogP contribution in [-0.2, 0) is 17.9 Å². The van der Waals surface area contributed by atoms with Crippen molar-refractivity contribution < 1.29 is 9.21 Å². The van der Waals surface area contributed by atoms with Crippen molar-refractivity contribution in [3.63, 3.8) is 0 Å². The topological polar surface area (TPSA) is 90.0 Å². The molecule has 0 fully saturated rings. The number of hydrogen-bond donors (Lipinski definition) is 1. The van der Waals surface area contributed by atoms with Gasteiger partial charge in [0.25, 0.3) is 5.56 Å². The van der Waals surface area contributed by atoms with Crippen LogP contribution in [0, 0.1) is 6.92 Å². The molecule has 154 valence electrons. The second-order valence-electron chi connectivity index (χ2n) is 7.18. The Kier molecular flexibility index (Phi) is 4.83. The van der Waals surface area contributed by atoms with Gasteiger partial charge >= 0.3 is 0 Å². The van der Waals surface area contributed by atoms with Crippen molar-refractivity contribution in [3.8, 4) is 10.8 Å². The Morgan fingerprint density at radius 3 is 2.87 bits per heavy atom.